The molecule has 0 aliphatic carbocycles. The average molecular weight is 291 g/mol. The van der Waals surface area contributed by atoms with Crippen LogP contribution in [0.2, 0.25) is 0 Å². The van der Waals surface area contributed by atoms with Crippen molar-refractivity contribution in [2.45, 2.75) is 38.9 Å². The number of thiazole rings is 1. The standard InChI is InChI=1S/C14H18BNO3S/c1-13(2)14(3,4)19-15(18-13)12-16-11-9(17-5)7-6-8-10(11)20-12/h6-8H,1-5H3. The van der Waals surface area contributed by atoms with Gasteiger partial charge < -0.3 is 14.0 Å². The van der Waals surface area contributed by atoms with Crippen LogP contribution in [-0.2, 0) is 9.31 Å². The molecule has 0 spiro atoms. The van der Waals surface area contributed by atoms with Gasteiger partial charge in [0, 0.05) is 0 Å². The Labute approximate surface area is 123 Å². The molecule has 1 aromatic carbocycles. The first-order chi connectivity index (χ1) is 9.34. The SMILES string of the molecule is COc1cccc2sc(B3OC(C)(C)C(C)(C)O3)nc12. The van der Waals surface area contributed by atoms with Gasteiger partial charge in [0.05, 0.1) is 23.0 Å². The molecule has 1 aliphatic heterocycles. The quantitative estimate of drug-likeness (QED) is 0.797. The molecule has 2 aromatic rings. The first-order valence-corrected chi connectivity index (χ1v) is 7.45. The van der Waals surface area contributed by atoms with Crippen LogP contribution >= 0.6 is 11.3 Å². The summed E-state index contributed by atoms with van der Waals surface area (Å²) < 4.78 is 18.5. The summed E-state index contributed by atoms with van der Waals surface area (Å²) in [4.78, 5) is 5.48. The third kappa shape index (κ3) is 2.03. The summed E-state index contributed by atoms with van der Waals surface area (Å²) in [5.74, 6) is 0.779. The lowest BCUT2D eigenvalue weighted by Crippen LogP contribution is -2.41. The van der Waals surface area contributed by atoms with Crippen LogP contribution in [0.1, 0.15) is 27.7 Å². The maximum atomic E-state index is 6.04. The number of benzene rings is 1. The van der Waals surface area contributed by atoms with E-state index in [0.717, 1.165) is 20.9 Å². The zero-order valence-electron chi connectivity index (χ0n) is 12.4. The topological polar surface area (TPSA) is 40.6 Å². The van der Waals surface area contributed by atoms with Crippen molar-refractivity contribution in [2.75, 3.05) is 7.11 Å². The second-order valence-electron chi connectivity index (χ2n) is 5.95. The molecule has 0 amide bonds. The third-order valence-corrected chi connectivity index (χ3v) is 5.12. The first-order valence-electron chi connectivity index (χ1n) is 6.63. The maximum absolute atomic E-state index is 6.04. The number of fused-ring (bicyclic) bond motifs is 1. The van der Waals surface area contributed by atoms with Gasteiger partial charge in [-0.3, -0.25) is 0 Å². The highest BCUT2D eigenvalue weighted by Crippen LogP contribution is 2.37. The average Bonchev–Trinajstić information content (AvgIpc) is 2.88. The minimum absolute atomic E-state index is 0.348. The molecule has 1 fully saturated rings. The molecule has 0 N–H and O–H groups in total. The summed E-state index contributed by atoms with van der Waals surface area (Å²) in [5.41, 5.74) is 0.170. The molecule has 0 saturated carbocycles. The molecule has 106 valence electrons. The van der Waals surface area contributed by atoms with E-state index in [1.165, 1.54) is 0 Å². The van der Waals surface area contributed by atoms with Crippen molar-refractivity contribution in [2.24, 2.45) is 0 Å². The van der Waals surface area contributed by atoms with Crippen molar-refractivity contribution < 1.29 is 14.0 Å². The maximum Gasteiger partial charge on any atom is 0.525 e. The van der Waals surface area contributed by atoms with E-state index >= 15 is 0 Å². The lowest BCUT2D eigenvalue weighted by molar-refractivity contribution is 0.00578. The number of rotatable bonds is 2. The molecule has 1 saturated heterocycles. The molecular weight excluding hydrogens is 273 g/mol. The monoisotopic (exact) mass is 291 g/mol. The van der Waals surface area contributed by atoms with Crippen LogP contribution in [0.3, 0.4) is 0 Å². The van der Waals surface area contributed by atoms with Crippen LogP contribution in [0, 0.1) is 0 Å². The van der Waals surface area contributed by atoms with E-state index < -0.39 is 7.12 Å². The number of ether oxygens (including phenoxy) is 1. The number of aromatic nitrogens is 1. The van der Waals surface area contributed by atoms with Gasteiger partial charge in [-0.1, -0.05) is 6.07 Å². The second-order valence-corrected chi connectivity index (χ2v) is 7.01. The Hall–Kier alpha value is -1.11. The van der Waals surface area contributed by atoms with Crippen molar-refractivity contribution in [1.82, 2.24) is 4.98 Å². The predicted octanol–water partition coefficient (Wildman–Crippen LogP) is 2.60. The fourth-order valence-electron chi connectivity index (χ4n) is 2.15. The summed E-state index contributed by atoms with van der Waals surface area (Å²) in [6, 6.07) is 5.91. The van der Waals surface area contributed by atoms with E-state index in [4.69, 9.17) is 14.0 Å². The predicted molar refractivity (Wildman–Crippen MR) is 81.9 cm³/mol. The first kappa shape index (κ1) is 13.9. The molecular formula is C14H18BNO3S. The van der Waals surface area contributed by atoms with E-state index in [2.05, 4.69) is 4.98 Å². The Morgan fingerprint density at radius 1 is 1.15 bits per heavy atom. The van der Waals surface area contributed by atoms with Gasteiger partial charge in [-0.2, -0.15) is 0 Å². The molecule has 1 aromatic heterocycles. The number of para-hydroxylation sites is 1. The van der Waals surface area contributed by atoms with Gasteiger partial charge in [-0.05, 0) is 39.8 Å². The van der Waals surface area contributed by atoms with Crippen molar-refractivity contribution in [3.8, 4) is 5.75 Å². The van der Waals surface area contributed by atoms with E-state index in [0.29, 0.717) is 0 Å². The zero-order chi connectivity index (χ0) is 14.5. The minimum atomic E-state index is -0.415. The lowest BCUT2D eigenvalue weighted by Gasteiger charge is -2.32. The van der Waals surface area contributed by atoms with Gasteiger partial charge in [0.25, 0.3) is 0 Å². The fraction of sp³-hybridized carbons (Fsp3) is 0.500. The molecule has 0 unspecified atom stereocenters. The van der Waals surface area contributed by atoms with Crippen molar-refractivity contribution in [3.05, 3.63) is 18.2 Å². The highest BCUT2D eigenvalue weighted by Gasteiger charge is 2.53. The Morgan fingerprint density at radius 3 is 2.40 bits per heavy atom. The van der Waals surface area contributed by atoms with Gasteiger partial charge in [-0.25, -0.2) is 4.98 Å². The molecule has 0 bridgehead atoms. The molecule has 2 heterocycles. The van der Waals surface area contributed by atoms with Crippen LogP contribution in [0.5, 0.6) is 5.75 Å². The van der Waals surface area contributed by atoms with Crippen LogP contribution in [0.25, 0.3) is 10.2 Å². The highest BCUT2D eigenvalue weighted by atomic mass is 32.1. The number of hydrogen-bond acceptors (Lipinski definition) is 5. The molecule has 0 radical (unpaired) electrons. The number of methoxy groups -OCH3 is 1. The van der Waals surface area contributed by atoms with E-state index in [1.807, 2.05) is 45.9 Å². The lowest BCUT2D eigenvalue weighted by atomic mass is 9.90. The summed E-state index contributed by atoms with van der Waals surface area (Å²) in [6.07, 6.45) is 0. The van der Waals surface area contributed by atoms with Crippen LogP contribution in [0.15, 0.2) is 18.2 Å². The third-order valence-electron chi connectivity index (χ3n) is 4.07. The largest absolute Gasteiger partial charge is 0.525 e. The normalized spacial score (nSPS) is 20.6. The van der Waals surface area contributed by atoms with Crippen LogP contribution in [0.4, 0.5) is 0 Å². The summed E-state index contributed by atoms with van der Waals surface area (Å²) >= 11 is 1.58. The van der Waals surface area contributed by atoms with E-state index in [9.17, 15) is 0 Å². The molecule has 0 atom stereocenters. The molecule has 4 nitrogen and oxygen atoms in total. The van der Waals surface area contributed by atoms with Crippen LogP contribution in [-0.4, -0.2) is 30.4 Å². The second kappa shape index (κ2) is 4.45. The van der Waals surface area contributed by atoms with Gasteiger partial charge in [-0.15, -0.1) is 11.3 Å². The molecule has 3 rings (SSSR count). The summed E-state index contributed by atoms with van der Waals surface area (Å²) in [5, 5.41) is 0. The number of nitrogens with zero attached hydrogens (tertiary/aromatic N) is 1. The van der Waals surface area contributed by atoms with Gasteiger partial charge in [0.1, 0.15) is 16.2 Å². The molecule has 1 aliphatic rings. The Bertz CT molecular complexity index is 637. The van der Waals surface area contributed by atoms with Crippen molar-refractivity contribution in [1.29, 1.82) is 0 Å². The Morgan fingerprint density at radius 2 is 1.80 bits per heavy atom. The summed E-state index contributed by atoms with van der Waals surface area (Å²) in [6.45, 7) is 8.17. The van der Waals surface area contributed by atoms with Gasteiger partial charge in [0.2, 0.25) is 0 Å². The highest BCUT2D eigenvalue weighted by molar-refractivity contribution is 7.27. The van der Waals surface area contributed by atoms with E-state index in [-0.39, 0.29) is 11.2 Å². The number of hydrogen-bond donors (Lipinski definition) is 0. The smallest absolute Gasteiger partial charge is 0.494 e. The van der Waals surface area contributed by atoms with Crippen molar-refractivity contribution >= 4 is 33.6 Å². The minimum Gasteiger partial charge on any atom is -0.494 e. The molecule has 6 heteroatoms. The van der Waals surface area contributed by atoms with Crippen molar-refractivity contribution in [3.63, 3.8) is 0 Å². The fourth-order valence-corrected chi connectivity index (χ4v) is 3.09. The Kier molecular flexibility index (Phi) is 3.08. The van der Waals surface area contributed by atoms with E-state index in [1.54, 1.807) is 18.4 Å². The van der Waals surface area contributed by atoms with Gasteiger partial charge >= 0.3 is 7.12 Å². The summed E-state index contributed by atoms with van der Waals surface area (Å²) in [7, 11) is 1.24. The Balaban J connectivity index is 2.00. The van der Waals surface area contributed by atoms with Gasteiger partial charge in [0.15, 0.2) is 0 Å². The van der Waals surface area contributed by atoms with Crippen LogP contribution < -0.4 is 9.64 Å². The molecule has 20 heavy (non-hydrogen) atoms. The zero-order valence-corrected chi connectivity index (χ0v) is 13.2.